The van der Waals surface area contributed by atoms with E-state index in [0.29, 0.717) is 25.2 Å². The van der Waals surface area contributed by atoms with Gasteiger partial charge in [-0.05, 0) is 43.5 Å². The number of carbonyl (C=O) groups excluding carboxylic acids is 1. The molecule has 0 radical (unpaired) electrons. The molecular formula is C26H30FN3O8P2. The summed E-state index contributed by atoms with van der Waals surface area (Å²) in [6.07, 6.45) is 3.09. The number of benzene rings is 2. The van der Waals surface area contributed by atoms with Crippen LogP contribution in [0, 0.1) is 5.82 Å². The Kier molecular flexibility index (Phi) is 8.40. The molecule has 2 aromatic carbocycles. The number of rotatable bonds is 8. The average Bonchev–Trinajstić information content (AvgIpc) is 3.74. The van der Waals surface area contributed by atoms with Gasteiger partial charge in [0.1, 0.15) is 22.4 Å². The van der Waals surface area contributed by atoms with Crippen molar-refractivity contribution in [3.8, 4) is 11.5 Å². The number of aromatic nitrogens is 1. The molecule has 1 unspecified atom stereocenters. The molecule has 2 fully saturated rings. The van der Waals surface area contributed by atoms with E-state index in [-0.39, 0.29) is 45.8 Å². The van der Waals surface area contributed by atoms with Gasteiger partial charge in [0.2, 0.25) is 5.43 Å². The summed E-state index contributed by atoms with van der Waals surface area (Å²) in [6.45, 7) is 3.81. The standard InChI is InChI=1S/C26H30FN3O8P2/c1-14-12-29(10-9-28-14)22-20(27)11-18-21(24(22)37-2)30(16-5-6-16)13-19(23(18)31)25(32)38-17-7-3-15(4-8-17)26(39(33)34)40(35)36/h3-4,7-8,11,13-14,16,26,28,33-36H,5-6,9-10,12H2,1-2H3. The summed E-state index contributed by atoms with van der Waals surface area (Å²) in [5, 5.41) is 2.08. The number of hydrogen-bond acceptors (Lipinski definition) is 10. The number of ether oxygens (including phenoxy) is 2. The third kappa shape index (κ3) is 5.58. The van der Waals surface area contributed by atoms with Crippen LogP contribution in [0.15, 0.2) is 41.3 Å². The Bertz CT molecular complexity index is 1470. The van der Waals surface area contributed by atoms with Crippen LogP contribution in [0.5, 0.6) is 11.5 Å². The van der Waals surface area contributed by atoms with Crippen LogP contribution in [0.1, 0.15) is 47.1 Å². The van der Waals surface area contributed by atoms with Crippen molar-refractivity contribution in [3.63, 3.8) is 0 Å². The molecule has 1 atom stereocenters. The highest BCUT2D eigenvalue weighted by Gasteiger charge is 2.33. The van der Waals surface area contributed by atoms with Gasteiger partial charge >= 0.3 is 5.97 Å². The van der Waals surface area contributed by atoms with Gasteiger partial charge in [-0.3, -0.25) is 4.79 Å². The Morgan fingerprint density at radius 2 is 1.82 bits per heavy atom. The first-order chi connectivity index (χ1) is 19.1. The van der Waals surface area contributed by atoms with Gasteiger partial charge in [0.15, 0.2) is 28.3 Å². The number of piperazine rings is 1. The van der Waals surface area contributed by atoms with Crippen LogP contribution in [-0.4, -0.2) is 62.9 Å². The van der Waals surface area contributed by atoms with Gasteiger partial charge in [0.25, 0.3) is 0 Å². The van der Waals surface area contributed by atoms with Crippen molar-refractivity contribution in [2.75, 3.05) is 31.6 Å². The van der Waals surface area contributed by atoms with Gasteiger partial charge in [-0.15, -0.1) is 0 Å². The minimum Gasteiger partial charge on any atom is -0.492 e. The highest BCUT2D eigenvalue weighted by Crippen LogP contribution is 2.60. The fourth-order valence-electron chi connectivity index (χ4n) is 5.08. The first-order valence-electron chi connectivity index (χ1n) is 12.7. The number of esters is 1. The number of nitrogens with one attached hydrogen (secondary N) is 1. The van der Waals surface area contributed by atoms with Crippen LogP contribution in [0.25, 0.3) is 10.9 Å². The van der Waals surface area contributed by atoms with Crippen molar-refractivity contribution in [2.24, 2.45) is 0 Å². The highest BCUT2D eigenvalue weighted by molar-refractivity contribution is 7.63. The number of halogens is 1. The summed E-state index contributed by atoms with van der Waals surface area (Å²) in [4.78, 5) is 66.6. The molecule has 1 aliphatic heterocycles. The van der Waals surface area contributed by atoms with E-state index >= 15 is 4.39 Å². The Hall–Kier alpha value is -2.69. The van der Waals surface area contributed by atoms with Gasteiger partial charge in [0.05, 0.1) is 18.0 Å². The predicted molar refractivity (Wildman–Crippen MR) is 150 cm³/mol. The zero-order valence-electron chi connectivity index (χ0n) is 21.8. The monoisotopic (exact) mass is 593 g/mol. The topological polar surface area (TPSA) is 154 Å². The second kappa shape index (κ2) is 11.7. The van der Waals surface area contributed by atoms with Crippen LogP contribution in [-0.2, 0) is 0 Å². The lowest BCUT2D eigenvalue weighted by atomic mass is 10.1. The van der Waals surface area contributed by atoms with E-state index in [0.717, 1.165) is 18.9 Å². The largest absolute Gasteiger partial charge is 0.492 e. The van der Waals surface area contributed by atoms with Gasteiger partial charge < -0.3 is 43.8 Å². The van der Waals surface area contributed by atoms with E-state index in [4.69, 9.17) is 9.47 Å². The van der Waals surface area contributed by atoms with Crippen molar-refractivity contribution in [1.29, 1.82) is 0 Å². The summed E-state index contributed by atoms with van der Waals surface area (Å²) >= 11 is 0. The molecule has 1 saturated heterocycles. The molecule has 214 valence electrons. The van der Waals surface area contributed by atoms with Gasteiger partial charge in [-0.25, -0.2) is 9.18 Å². The van der Waals surface area contributed by atoms with Gasteiger partial charge in [-0.2, -0.15) is 0 Å². The Morgan fingerprint density at radius 1 is 1.15 bits per heavy atom. The molecule has 5 rings (SSSR count). The minimum atomic E-state index is -2.65. The summed E-state index contributed by atoms with van der Waals surface area (Å²) in [5.41, 5.74) is -0.00224. The molecule has 11 nitrogen and oxygen atoms in total. The maximum absolute atomic E-state index is 15.6. The normalized spacial score (nSPS) is 17.8. The predicted octanol–water partition coefficient (Wildman–Crippen LogP) is 3.09. The zero-order valence-corrected chi connectivity index (χ0v) is 23.6. The van der Waals surface area contributed by atoms with E-state index in [1.54, 1.807) is 4.57 Å². The smallest absolute Gasteiger partial charge is 0.349 e. The van der Waals surface area contributed by atoms with Crippen molar-refractivity contribution in [2.45, 2.75) is 37.2 Å². The van der Waals surface area contributed by atoms with Crippen LogP contribution in [0.4, 0.5) is 10.1 Å². The molecule has 0 bridgehead atoms. The fourth-order valence-corrected chi connectivity index (χ4v) is 6.70. The maximum atomic E-state index is 15.6. The second-order valence-electron chi connectivity index (χ2n) is 9.92. The van der Waals surface area contributed by atoms with E-state index in [1.165, 1.54) is 37.6 Å². The van der Waals surface area contributed by atoms with Crippen molar-refractivity contribution >= 4 is 39.3 Å². The fraction of sp³-hybridized carbons (Fsp3) is 0.385. The first kappa shape index (κ1) is 28.8. The van der Waals surface area contributed by atoms with E-state index < -0.39 is 39.4 Å². The number of carbonyl (C=O) groups is 1. The second-order valence-corrected chi connectivity index (χ2v) is 12.6. The Morgan fingerprint density at radius 3 is 2.40 bits per heavy atom. The third-order valence-electron chi connectivity index (χ3n) is 7.07. The van der Waals surface area contributed by atoms with E-state index in [2.05, 4.69) is 5.32 Å². The molecule has 2 heterocycles. The molecule has 14 heteroatoms. The molecule has 2 aliphatic rings. The van der Waals surface area contributed by atoms with E-state index in [1.807, 2.05) is 11.8 Å². The summed E-state index contributed by atoms with van der Waals surface area (Å²) in [5.74, 6) is -1.26. The molecule has 40 heavy (non-hydrogen) atoms. The Labute approximate surface area is 231 Å². The number of pyridine rings is 1. The first-order valence-corrected chi connectivity index (χ1v) is 15.3. The molecular weight excluding hydrogens is 563 g/mol. The third-order valence-corrected chi connectivity index (χ3v) is 9.78. The molecule has 0 amide bonds. The molecule has 5 N–H and O–H groups in total. The number of fused-ring (bicyclic) bond motifs is 1. The molecule has 1 aliphatic carbocycles. The molecule has 1 saturated carbocycles. The Balaban J connectivity index is 1.53. The quantitative estimate of drug-likeness (QED) is 0.150. The lowest BCUT2D eigenvalue weighted by Crippen LogP contribution is -2.49. The minimum absolute atomic E-state index is 0.0127. The number of anilines is 1. The molecule has 3 aromatic rings. The van der Waals surface area contributed by atoms with Gasteiger partial charge in [0, 0.05) is 37.9 Å². The maximum Gasteiger partial charge on any atom is 0.349 e. The van der Waals surface area contributed by atoms with Crippen LogP contribution in [0.3, 0.4) is 0 Å². The van der Waals surface area contributed by atoms with Crippen LogP contribution < -0.4 is 25.1 Å². The van der Waals surface area contributed by atoms with Crippen LogP contribution >= 0.6 is 16.8 Å². The van der Waals surface area contributed by atoms with Crippen LogP contribution in [0.2, 0.25) is 0 Å². The SMILES string of the molecule is COc1c(N2CCNC(C)C2)c(F)cc2c(=O)c(C(=O)Oc3ccc(C(P(O)O)P(O)O)cc3)cn(C3CC3)c12. The van der Waals surface area contributed by atoms with Crippen molar-refractivity contribution in [1.82, 2.24) is 9.88 Å². The van der Waals surface area contributed by atoms with E-state index in [9.17, 15) is 29.2 Å². The lowest BCUT2D eigenvalue weighted by molar-refractivity contribution is 0.0732. The zero-order chi connectivity index (χ0) is 28.7. The van der Waals surface area contributed by atoms with Crippen molar-refractivity contribution in [3.05, 3.63) is 63.7 Å². The summed E-state index contributed by atoms with van der Waals surface area (Å²) in [6, 6.07) is 6.76. The number of nitrogens with zero attached hydrogens (tertiary/aromatic N) is 2. The summed E-state index contributed by atoms with van der Waals surface area (Å²) in [7, 11) is -3.87. The van der Waals surface area contributed by atoms with Gasteiger partial charge in [-0.1, -0.05) is 12.1 Å². The number of methoxy groups -OCH3 is 1. The lowest BCUT2D eigenvalue weighted by Gasteiger charge is -2.35. The average molecular weight is 593 g/mol. The molecule has 1 aromatic heterocycles. The van der Waals surface area contributed by atoms with Crippen molar-refractivity contribution < 1.29 is 38.2 Å². The molecule has 0 spiro atoms. The highest BCUT2D eigenvalue weighted by atomic mass is 31.2. The number of hydrogen-bond donors (Lipinski definition) is 5. The summed E-state index contributed by atoms with van der Waals surface area (Å²) < 4.78 is 28.6.